The molecule has 3 nitrogen and oxygen atoms in total. The van der Waals surface area contributed by atoms with E-state index in [1.807, 2.05) is 20.8 Å². The van der Waals surface area contributed by atoms with Crippen LogP contribution >= 0.6 is 0 Å². The fourth-order valence-corrected chi connectivity index (χ4v) is 1.51. The molecular formula is C11H22N2O. The number of hydrogen-bond acceptors (Lipinski definition) is 3. The minimum absolute atomic E-state index is 0.142. The predicted octanol–water partition coefficient (Wildman–Crippen LogP) is 1.57. The second-order valence-electron chi connectivity index (χ2n) is 4.70. The number of hydrogen-bond donors (Lipinski definition) is 1. The Morgan fingerprint density at radius 2 is 2.00 bits per heavy atom. The summed E-state index contributed by atoms with van der Waals surface area (Å²) in [7, 11) is 0. The van der Waals surface area contributed by atoms with Crippen molar-refractivity contribution in [2.24, 2.45) is 0 Å². The Kier molecular flexibility index (Phi) is 3.81. The summed E-state index contributed by atoms with van der Waals surface area (Å²) < 4.78 is 5.74. The summed E-state index contributed by atoms with van der Waals surface area (Å²) in [5.41, 5.74) is -0.142. The molecule has 1 saturated heterocycles. The second kappa shape index (κ2) is 4.69. The molecular weight excluding hydrogens is 176 g/mol. The van der Waals surface area contributed by atoms with Gasteiger partial charge in [-0.3, -0.25) is 0 Å². The fourth-order valence-electron chi connectivity index (χ4n) is 1.51. The first-order chi connectivity index (χ1) is 6.49. The number of nitrogens with one attached hydrogen (secondary N) is 1. The van der Waals surface area contributed by atoms with Gasteiger partial charge in [0, 0.05) is 19.6 Å². The van der Waals surface area contributed by atoms with Gasteiger partial charge in [0.15, 0.2) is 5.88 Å². The quantitative estimate of drug-likeness (QED) is 0.682. The molecule has 1 aliphatic heterocycles. The van der Waals surface area contributed by atoms with E-state index in [0.29, 0.717) is 0 Å². The predicted molar refractivity (Wildman–Crippen MR) is 59.0 cm³/mol. The van der Waals surface area contributed by atoms with Gasteiger partial charge >= 0.3 is 0 Å². The van der Waals surface area contributed by atoms with Crippen LogP contribution in [-0.2, 0) is 4.74 Å². The minimum atomic E-state index is -0.142. The molecule has 1 rings (SSSR count). The molecule has 3 heteroatoms. The van der Waals surface area contributed by atoms with E-state index in [2.05, 4.69) is 16.8 Å². The van der Waals surface area contributed by atoms with Crippen LogP contribution in [-0.4, -0.2) is 36.7 Å². The van der Waals surface area contributed by atoms with Gasteiger partial charge in [0.2, 0.25) is 0 Å². The third-order valence-corrected chi connectivity index (χ3v) is 2.12. The lowest BCUT2D eigenvalue weighted by Crippen LogP contribution is -2.32. The molecule has 82 valence electrons. The van der Waals surface area contributed by atoms with Crippen LogP contribution in [0.2, 0.25) is 0 Å². The highest BCUT2D eigenvalue weighted by atomic mass is 16.5. The molecule has 1 heterocycles. The van der Waals surface area contributed by atoms with Gasteiger partial charge in [-0.25, -0.2) is 0 Å². The van der Waals surface area contributed by atoms with Gasteiger partial charge in [-0.1, -0.05) is 0 Å². The third-order valence-electron chi connectivity index (χ3n) is 2.12. The summed E-state index contributed by atoms with van der Waals surface area (Å²) in [5, 5.41) is 3.36. The summed E-state index contributed by atoms with van der Waals surface area (Å²) in [6.07, 6.45) is 1.16. The molecule has 0 unspecified atom stereocenters. The molecule has 0 aromatic rings. The lowest BCUT2D eigenvalue weighted by Gasteiger charge is -2.30. The normalized spacial score (nSPS) is 18.9. The van der Waals surface area contributed by atoms with E-state index in [9.17, 15) is 0 Å². The Morgan fingerprint density at radius 3 is 2.64 bits per heavy atom. The lowest BCUT2D eigenvalue weighted by molar-refractivity contribution is 0.00454. The molecule has 0 aromatic heterocycles. The van der Waals surface area contributed by atoms with Crippen molar-refractivity contribution in [3.63, 3.8) is 0 Å². The van der Waals surface area contributed by atoms with Gasteiger partial charge in [-0.05, 0) is 40.3 Å². The summed E-state index contributed by atoms with van der Waals surface area (Å²) >= 11 is 0. The van der Waals surface area contributed by atoms with Crippen LogP contribution in [0.15, 0.2) is 12.5 Å². The molecule has 1 fully saturated rings. The van der Waals surface area contributed by atoms with E-state index >= 15 is 0 Å². The molecule has 0 spiro atoms. The van der Waals surface area contributed by atoms with Crippen molar-refractivity contribution >= 4 is 0 Å². The van der Waals surface area contributed by atoms with Gasteiger partial charge in [0.1, 0.15) is 5.60 Å². The summed E-state index contributed by atoms with van der Waals surface area (Å²) in [5.74, 6) is 0.807. The number of rotatable bonds is 2. The van der Waals surface area contributed by atoms with Crippen molar-refractivity contribution in [2.45, 2.75) is 32.8 Å². The summed E-state index contributed by atoms with van der Waals surface area (Å²) in [4.78, 5) is 2.21. The van der Waals surface area contributed by atoms with Crippen molar-refractivity contribution in [1.29, 1.82) is 0 Å². The average molecular weight is 198 g/mol. The Bertz CT molecular complexity index is 188. The zero-order valence-electron chi connectivity index (χ0n) is 9.60. The van der Waals surface area contributed by atoms with Crippen molar-refractivity contribution in [3.8, 4) is 0 Å². The van der Waals surface area contributed by atoms with E-state index in [1.54, 1.807) is 0 Å². The van der Waals surface area contributed by atoms with Crippen LogP contribution in [0.5, 0.6) is 0 Å². The van der Waals surface area contributed by atoms with Gasteiger partial charge in [-0.15, -0.1) is 0 Å². The van der Waals surface area contributed by atoms with Crippen LogP contribution in [0.1, 0.15) is 27.2 Å². The first-order valence-corrected chi connectivity index (χ1v) is 5.32. The maximum Gasteiger partial charge on any atom is 0.182 e. The van der Waals surface area contributed by atoms with Crippen LogP contribution in [0.4, 0.5) is 0 Å². The Hall–Kier alpha value is -0.700. The largest absolute Gasteiger partial charge is 0.474 e. The monoisotopic (exact) mass is 198 g/mol. The second-order valence-corrected chi connectivity index (χ2v) is 4.70. The smallest absolute Gasteiger partial charge is 0.182 e. The van der Waals surface area contributed by atoms with E-state index in [-0.39, 0.29) is 5.60 Å². The fraction of sp³-hybridized carbons (Fsp3) is 0.818. The van der Waals surface area contributed by atoms with Crippen LogP contribution in [0, 0.1) is 0 Å². The lowest BCUT2D eigenvalue weighted by atomic mass is 10.2. The van der Waals surface area contributed by atoms with E-state index in [1.165, 1.54) is 0 Å². The first kappa shape index (κ1) is 11.4. The minimum Gasteiger partial charge on any atom is -0.474 e. The summed E-state index contributed by atoms with van der Waals surface area (Å²) in [6.45, 7) is 14.3. The first-order valence-electron chi connectivity index (χ1n) is 5.32. The molecule has 0 aromatic carbocycles. The molecule has 0 atom stereocenters. The van der Waals surface area contributed by atoms with Gasteiger partial charge in [0.25, 0.3) is 0 Å². The molecule has 0 radical (unpaired) electrons. The Labute approximate surface area is 87.1 Å². The van der Waals surface area contributed by atoms with Crippen molar-refractivity contribution in [1.82, 2.24) is 10.2 Å². The Morgan fingerprint density at radius 1 is 1.29 bits per heavy atom. The molecule has 14 heavy (non-hydrogen) atoms. The molecule has 0 aliphatic carbocycles. The molecule has 0 saturated carbocycles. The number of nitrogens with zero attached hydrogens (tertiary/aromatic N) is 1. The maximum atomic E-state index is 5.74. The molecule has 0 amide bonds. The van der Waals surface area contributed by atoms with Crippen LogP contribution in [0.3, 0.4) is 0 Å². The van der Waals surface area contributed by atoms with E-state index in [0.717, 1.165) is 38.5 Å². The summed E-state index contributed by atoms with van der Waals surface area (Å²) in [6, 6.07) is 0. The van der Waals surface area contributed by atoms with Gasteiger partial charge in [0.05, 0.1) is 0 Å². The van der Waals surface area contributed by atoms with Crippen LogP contribution < -0.4 is 5.32 Å². The highest BCUT2D eigenvalue weighted by molar-refractivity contribution is 4.87. The van der Waals surface area contributed by atoms with Gasteiger partial charge < -0.3 is 15.0 Å². The van der Waals surface area contributed by atoms with Crippen molar-refractivity contribution in [2.75, 3.05) is 26.2 Å². The Balaban J connectivity index is 2.42. The number of ether oxygens (including phenoxy) is 1. The standard InChI is InChI=1S/C11H22N2O/c1-10(14-11(2,3)4)13-8-5-6-12-7-9-13/h12H,1,5-9H2,2-4H3. The zero-order valence-corrected chi connectivity index (χ0v) is 9.60. The third kappa shape index (κ3) is 4.01. The highest BCUT2D eigenvalue weighted by Gasteiger charge is 2.17. The van der Waals surface area contributed by atoms with Crippen molar-refractivity contribution < 1.29 is 4.74 Å². The van der Waals surface area contributed by atoms with Gasteiger partial charge in [-0.2, -0.15) is 0 Å². The van der Waals surface area contributed by atoms with E-state index < -0.39 is 0 Å². The average Bonchev–Trinajstić information content (AvgIpc) is 2.27. The molecule has 1 aliphatic rings. The highest BCUT2D eigenvalue weighted by Crippen LogP contribution is 2.15. The zero-order chi connectivity index (χ0) is 10.6. The maximum absolute atomic E-state index is 5.74. The van der Waals surface area contributed by atoms with Crippen LogP contribution in [0.25, 0.3) is 0 Å². The SMILES string of the molecule is C=C(OC(C)(C)C)N1CCCNCC1. The van der Waals surface area contributed by atoms with Crippen molar-refractivity contribution in [3.05, 3.63) is 12.5 Å². The van der Waals surface area contributed by atoms with E-state index in [4.69, 9.17) is 4.74 Å². The molecule has 0 bridgehead atoms. The molecule has 1 N–H and O–H groups in total. The topological polar surface area (TPSA) is 24.5 Å².